The lowest BCUT2D eigenvalue weighted by Crippen LogP contribution is -3.13. The number of likely N-dealkylation sites (N-methyl/N-ethyl adjacent to an activating group) is 1. The Morgan fingerprint density at radius 2 is 2.00 bits per heavy atom. The molecule has 8 heteroatoms. The number of hydrogen-bond donors (Lipinski definition) is 1. The summed E-state index contributed by atoms with van der Waals surface area (Å²) in [5, 5.41) is 0.876. The second kappa shape index (κ2) is 8.10. The number of quaternary nitrogens is 1. The van der Waals surface area contributed by atoms with Gasteiger partial charge < -0.3 is 14.4 Å². The van der Waals surface area contributed by atoms with Crippen molar-refractivity contribution in [1.82, 2.24) is 24.0 Å². The number of imidazole rings is 1. The summed E-state index contributed by atoms with van der Waals surface area (Å²) >= 11 is 1.69. The topological polar surface area (TPSA) is 60.4 Å². The van der Waals surface area contributed by atoms with Crippen LogP contribution in [-0.4, -0.2) is 57.2 Å². The number of fused-ring (bicyclic) bond motifs is 4. The summed E-state index contributed by atoms with van der Waals surface area (Å²) in [4.78, 5) is 28.6. The Kier molecular flexibility index (Phi) is 5.08. The lowest BCUT2D eigenvalue weighted by atomic mass is 10.0. The van der Waals surface area contributed by atoms with Gasteiger partial charge in [0.1, 0.15) is 4.83 Å². The molecule has 1 fully saturated rings. The van der Waals surface area contributed by atoms with E-state index in [0.29, 0.717) is 6.04 Å². The van der Waals surface area contributed by atoms with E-state index in [1.165, 1.54) is 16.0 Å². The minimum Gasteiger partial charge on any atom is -0.333 e. The molecule has 32 heavy (non-hydrogen) atoms. The Hall–Kier alpha value is -2.55. The normalized spacial score (nSPS) is 21.9. The first kappa shape index (κ1) is 20.1. The summed E-state index contributed by atoms with van der Waals surface area (Å²) in [6.07, 6.45) is 7.01. The van der Waals surface area contributed by atoms with Crippen molar-refractivity contribution >= 4 is 32.6 Å². The van der Waals surface area contributed by atoms with Crippen LogP contribution in [0, 0.1) is 0 Å². The highest BCUT2D eigenvalue weighted by atomic mass is 32.1. The molecule has 5 heterocycles. The zero-order chi connectivity index (χ0) is 21.7. The Morgan fingerprint density at radius 3 is 2.88 bits per heavy atom. The van der Waals surface area contributed by atoms with Crippen LogP contribution in [0.3, 0.4) is 0 Å². The first-order valence-electron chi connectivity index (χ1n) is 11.6. The second-order valence-electron chi connectivity index (χ2n) is 9.29. The van der Waals surface area contributed by atoms with Crippen molar-refractivity contribution in [2.45, 2.75) is 38.4 Å². The molecule has 1 N–H and O–H groups in total. The molecule has 2 aliphatic heterocycles. The highest BCUT2D eigenvalue weighted by Crippen LogP contribution is 2.31. The van der Waals surface area contributed by atoms with Gasteiger partial charge in [-0.05, 0) is 31.2 Å². The zero-order valence-electron chi connectivity index (χ0n) is 18.5. The van der Waals surface area contributed by atoms with Crippen LogP contribution in [0.4, 0.5) is 0 Å². The second-order valence-corrected chi connectivity index (χ2v) is 10.4. The van der Waals surface area contributed by atoms with E-state index in [9.17, 15) is 4.79 Å². The van der Waals surface area contributed by atoms with E-state index in [1.807, 2.05) is 17.0 Å². The summed E-state index contributed by atoms with van der Waals surface area (Å²) in [5.74, 6) is 0. The molecule has 6 rings (SSSR count). The van der Waals surface area contributed by atoms with E-state index < -0.39 is 0 Å². The minimum atomic E-state index is 0.149. The largest absolute Gasteiger partial charge is 0.333 e. The fraction of sp³-hybridized carbons (Fsp3) is 0.458. The van der Waals surface area contributed by atoms with E-state index in [4.69, 9.17) is 0 Å². The maximum Gasteiger partial charge on any atom is 0.262 e. The van der Waals surface area contributed by atoms with Crippen LogP contribution in [0.2, 0.25) is 0 Å². The molecule has 2 aliphatic rings. The van der Waals surface area contributed by atoms with E-state index in [1.54, 1.807) is 22.6 Å². The third kappa shape index (κ3) is 3.46. The van der Waals surface area contributed by atoms with Crippen molar-refractivity contribution in [1.29, 1.82) is 0 Å². The smallest absolute Gasteiger partial charge is 0.262 e. The number of benzene rings is 1. The molecule has 1 aromatic carbocycles. The molecule has 166 valence electrons. The number of likely N-dealkylation sites (tertiary alicyclic amines) is 1. The molecule has 4 aromatic rings. The number of piperidine rings is 1. The van der Waals surface area contributed by atoms with Crippen LogP contribution >= 0.6 is 11.3 Å². The standard InChI is InChI=1S/C24H28N6OS/c1-27-9-8-18-21(14-27)32-23-22(18)24(31)29(15-26-23)13-12-28-10-6-17(7-11-28)30-16-25-19-4-2-3-5-20(19)30/h2-5,15-17H,6-14H2,1H3/p+1. The fourth-order valence-electron chi connectivity index (χ4n) is 5.39. The quantitative estimate of drug-likeness (QED) is 0.515. The molecular weight excluding hydrogens is 420 g/mol. The Balaban J connectivity index is 1.13. The van der Waals surface area contributed by atoms with Crippen LogP contribution < -0.4 is 10.5 Å². The van der Waals surface area contributed by atoms with E-state index in [-0.39, 0.29) is 5.56 Å². The first-order chi connectivity index (χ1) is 15.7. The van der Waals surface area contributed by atoms with Gasteiger partial charge in [0.15, 0.2) is 0 Å². The summed E-state index contributed by atoms with van der Waals surface area (Å²) in [6, 6.07) is 8.90. The van der Waals surface area contributed by atoms with Gasteiger partial charge in [0, 0.05) is 36.9 Å². The van der Waals surface area contributed by atoms with Crippen molar-refractivity contribution in [3.8, 4) is 0 Å². The van der Waals surface area contributed by atoms with Crippen LogP contribution in [0.25, 0.3) is 21.3 Å². The number of nitrogens with zero attached hydrogens (tertiary/aromatic N) is 5. The predicted molar refractivity (Wildman–Crippen MR) is 127 cm³/mol. The van der Waals surface area contributed by atoms with Gasteiger partial charge in [-0.3, -0.25) is 9.36 Å². The van der Waals surface area contributed by atoms with Gasteiger partial charge in [-0.1, -0.05) is 12.1 Å². The van der Waals surface area contributed by atoms with Crippen LogP contribution in [0.1, 0.15) is 29.3 Å². The highest BCUT2D eigenvalue weighted by molar-refractivity contribution is 7.18. The molecule has 0 atom stereocenters. The molecule has 3 aromatic heterocycles. The third-order valence-corrected chi connectivity index (χ3v) is 8.39. The summed E-state index contributed by atoms with van der Waals surface area (Å²) in [5.41, 5.74) is 3.70. The average molecular weight is 450 g/mol. The lowest BCUT2D eigenvalue weighted by molar-refractivity contribution is -0.906. The summed E-state index contributed by atoms with van der Waals surface area (Å²) in [7, 11) is 2.14. The van der Waals surface area contributed by atoms with E-state index in [0.717, 1.165) is 74.3 Å². The van der Waals surface area contributed by atoms with Gasteiger partial charge in [0.25, 0.3) is 5.56 Å². The number of nitrogens with one attached hydrogen (secondary N) is 1. The maximum atomic E-state index is 13.2. The van der Waals surface area contributed by atoms with Gasteiger partial charge in [0.2, 0.25) is 0 Å². The van der Waals surface area contributed by atoms with Crippen molar-refractivity contribution in [2.24, 2.45) is 0 Å². The summed E-state index contributed by atoms with van der Waals surface area (Å²) in [6.45, 7) is 5.91. The molecule has 0 saturated carbocycles. The number of aromatic nitrogens is 4. The Bertz CT molecular complexity index is 1330. The zero-order valence-corrected chi connectivity index (χ0v) is 19.3. The van der Waals surface area contributed by atoms with Gasteiger partial charge in [-0.15, -0.1) is 11.3 Å². The molecule has 0 radical (unpaired) electrons. The predicted octanol–water partition coefficient (Wildman–Crippen LogP) is 1.72. The maximum absolute atomic E-state index is 13.2. The minimum absolute atomic E-state index is 0.149. The molecule has 7 nitrogen and oxygen atoms in total. The van der Waals surface area contributed by atoms with Crippen LogP contribution in [0.15, 0.2) is 41.7 Å². The molecule has 0 aliphatic carbocycles. The van der Waals surface area contributed by atoms with Gasteiger partial charge in [0.05, 0.1) is 55.3 Å². The van der Waals surface area contributed by atoms with E-state index >= 15 is 0 Å². The molecule has 0 bridgehead atoms. The number of para-hydroxylation sites is 2. The van der Waals surface area contributed by atoms with Gasteiger partial charge >= 0.3 is 0 Å². The summed E-state index contributed by atoms with van der Waals surface area (Å²) < 4.78 is 4.20. The van der Waals surface area contributed by atoms with Crippen LogP contribution in [-0.2, 0) is 19.5 Å². The SMILES string of the molecule is CN1CCc2c(sc3ncn(CC[NH+]4CCC(n5cnc6ccccc65)CC4)c(=O)c23)C1. The molecule has 0 spiro atoms. The Labute approximate surface area is 190 Å². The molecule has 1 saturated heterocycles. The first-order valence-corrected chi connectivity index (χ1v) is 12.4. The van der Waals surface area contributed by atoms with Crippen molar-refractivity contribution in [3.63, 3.8) is 0 Å². The van der Waals surface area contributed by atoms with Crippen molar-refractivity contribution in [3.05, 3.63) is 57.7 Å². The Morgan fingerprint density at radius 1 is 1.16 bits per heavy atom. The van der Waals surface area contributed by atoms with Crippen molar-refractivity contribution in [2.75, 3.05) is 33.2 Å². The molecule has 0 unspecified atom stereocenters. The highest BCUT2D eigenvalue weighted by Gasteiger charge is 2.25. The third-order valence-electron chi connectivity index (χ3n) is 7.26. The number of thiophene rings is 1. The van der Waals surface area contributed by atoms with Gasteiger partial charge in [-0.2, -0.15) is 0 Å². The van der Waals surface area contributed by atoms with Crippen LogP contribution in [0.5, 0.6) is 0 Å². The van der Waals surface area contributed by atoms with Gasteiger partial charge in [-0.25, -0.2) is 9.97 Å². The number of rotatable bonds is 4. The van der Waals surface area contributed by atoms with Crippen molar-refractivity contribution < 1.29 is 4.90 Å². The van der Waals surface area contributed by atoms with E-state index in [2.05, 4.69) is 44.7 Å². The lowest BCUT2D eigenvalue weighted by Gasteiger charge is -2.30. The fourth-order valence-corrected chi connectivity index (χ4v) is 6.65. The monoisotopic (exact) mass is 449 g/mol. The molecular formula is C24H29N6OS+. The number of hydrogen-bond acceptors (Lipinski definition) is 5. The average Bonchev–Trinajstić information content (AvgIpc) is 3.40. The molecule has 0 amide bonds.